The zero-order valence-corrected chi connectivity index (χ0v) is 19.2. The highest BCUT2D eigenvalue weighted by Gasteiger charge is 2.36. The molecule has 1 aliphatic carbocycles. The molecule has 0 unspecified atom stereocenters. The fourth-order valence-corrected chi connectivity index (χ4v) is 3.87. The summed E-state index contributed by atoms with van der Waals surface area (Å²) in [6.07, 6.45) is 5.70. The average Bonchev–Trinajstić information content (AvgIpc) is 3.32. The Morgan fingerprint density at radius 1 is 1.18 bits per heavy atom. The number of carbonyl (C=O) groups excluding carboxylic acids is 2. The summed E-state index contributed by atoms with van der Waals surface area (Å²) < 4.78 is 13.6. The molecule has 0 amide bonds. The number of nitrogens with zero attached hydrogens (tertiary/aromatic N) is 7. The molecule has 1 saturated carbocycles. The molecule has 2 aliphatic rings. The second-order valence-corrected chi connectivity index (χ2v) is 9.66. The highest BCUT2D eigenvalue weighted by atomic mass is 16.6. The molecule has 3 aromatic rings. The molecular weight excluding hydrogens is 426 g/mol. The van der Waals surface area contributed by atoms with Crippen molar-refractivity contribution in [2.24, 2.45) is 5.92 Å². The minimum Gasteiger partial charge on any atom is -0.469 e. The number of ether oxygens (including phenoxy) is 2. The zero-order valence-electron chi connectivity index (χ0n) is 19.2. The minimum absolute atomic E-state index is 0.122. The van der Waals surface area contributed by atoms with Crippen LogP contribution >= 0.6 is 0 Å². The smallest absolute Gasteiger partial charge is 0.361 e. The van der Waals surface area contributed by atoms with Crippen LogP contribution in [-0.2, 0) is 20.8 Å². The number of hydrogen-bond donors (Lipinski definition) is 0. The van der Waals surface area contributed by atoms with Gasteiger partial charge >= 0.3 is 11.9 Å². The normalized spacial score (nSPS) is 16.7. The van der Waals surface area contributed by atoms with Gasteiger partial charge in [-0.25, -0.2) is 19.0 Å². The number of methoxy groups -OCH3 is 1. The third-order valence-corrected chi connectivity index (χ3v) is 5.70. The summed E-state index contributed by atoms with van der Waals surface area (Å²) in [6.45, 7) is 6.94. The van der Waals surface area contributed by atoms with E-state index in [2.05, 4.69) is 21.3 Å². The van der Waals surface area contributed by atoms with Gasteiger partial charge in [0, 0.05) is 19.0 Å². The monoisotopic (exact) mass is 453 g/mol. The zero-order chi connectivity index (χ0) is 23.3. The number of fused-ring (bicyclic) bond motifs is 1. The first-order valence-corrected chi connectivity index (χ1v) is 11.1. The second-order valence-electron chi connectivity index (χ2n) is 9.66. The predicted octanol–water partition coefficient (Wildman–Crippen LogP) is 1.81. The molecule has 0 aromatic carbocycles. The van der Waals surface area contributed by atoms with Crippen molar-refractivity contribution in [2.75, 3.05) is 25.1 Å². The van der Waals surface area contributed by atoms with Gasteiger partial charge in [-0.05, 0) is 39.7 Å². The van der Waals surface area contributed by atoms with Gasteiger partial charge in [-0.3, -0.25) is 4.79 Å². The summed E-state index contributed by atoms with van der Waals surface area (Å²) in [5.41, 5.74) is 3.01. The first kappa shape index (κ1) is 21.4. The summed E-state index contributed by atoms with van der Waals surface area (Å²) in [5.74, 6) is -0.346. The Labute approximate surface area is 190 Å². The summed E-state index contributed by atoms with van der Waals surface area (Å²) in [7, 11) is 1.42. The quantitative estimate of drug-likeness (QED) is 0.515. The van der Waals surface area contributed by atoms with Gasteiger partial charge in [0.1, 0.15) is 5.60 Å². The van der Waals surface area contributed by atoms with Crippen LogP contribution in [0.1, 0.15) is 61.4 Å². The molecule has 5 rings (SSSR count). The van der Waals surface area contributed by atoms with Gasteiger partial charge in [-0.1, -0.05) is 5.21 Å². The Bertz CT molecular complexity index is 1220. The van der Waals surface area contributed by atoms with Crippen molar-refractivity contribution in [1.82, 2.24) is 29.6 Å². The molecule has 11 heteroatoms. The average molecular weight is 454 g/mol. The van der Waals surface area contributed by atoms with Crippen LogP contribution in [0.15, 0.2) is 18.5 Å². The molecule has 1 aliphatic heterocycles. The van der Waals surface area contributed by atoms with E-state index in [1.54, 1.807) is 36.2 Å². The fraction of sp³-hybridized carbons (Fsp3) is 0.545. The largest absolute Gasteiger partial charge is 0.469 e. The second kappa shape index (κ2) is 7.82. The number of imidazole rings is 1. The SMILES string of the molecule is COC(=O)C1CN(c2cc(C3CC3)nn3cc(Cn4cc(C(=O)OC(C)(C)C)nn4)nc23)C1. The van der Waals surface area contributed by atoms with E-state index in [9.17, 15) is 9.59 Å². The number of hydrogen-bond acceptors (Lipinski definition) is 9. The number of esters is 2. The lowest BCUT2D eigenvalue weighted by molar-refractivity contribution is -0.146. The molecule has 2 fully saturated rings. The molecule has 1 saturated heterocycles. The Balaban J connectivity index is 1.38. The standard InChI is InChI=1S/C22H27N7O4/c1-22(2,3)33-21(31)17-12-28(26-24-17)10-15-11-29-19(23-15)18(7-16(25-29)13-5-6-13)27-8-14(9-27)20(30)32-4/h7,11-14H,5-6,8-10H2,1-4H3. The van der Waals surface area contributed by atoms with Gasteiger partial charge in [0.05, 0.1) is 49.0 Å². The first-order chi connectivity index (χ1) is 15.7. The lowest BCUT2D eigenvalue weighted by Crippen LogP contribution is -2.51. The van der Waals surface area contributed by atoms with Crippen molar-refractivity contribution in [1.29, 1.82) is 0 Å². The molecule has 0 bridgehead atoms. The van der Waals surface area contributed by atoms with E-state index in [4.69, 9.17) is 19.6 Å². The van der Waals surface area contributed by atoms with E-state index < -0.39 is 11.6 Å². The van der Waals surface area contributed by atoms with Crippen LogP contribution in [-0.4, -0.2) is 67.3 Å². The number of aromatic nitrogens is 6. The van der Waals surface area contributed by atoms with E-state index in [0.29, 0.717) is 25.6 Å². The molecule has 174 valence electrons. The molecule has 0 spiro atoms. The van der Waals surface area contributed by atoms with Crippen molar-refractivity contribution in [3.63, 3.8) is 0 Å². The first-order valence-electron chi connectivity index (χ1n) is 11.1. The Morgan fingerprint density at radius 2 is 1.94 bits per heavy atom. The van der Waals surface area contributed by atoms with Crippen LogP contribution in [0.4, 0.5) is 5.69 Å². The van der Waals surface area contributed by atoms with E-state index in [1.807, 2.05) is 6.20 Å². The molecule has 0 N–H and O–H groups in total. The molecule has 33 heavy (non-hydrogen) atoms. The van der Waals surface area contributed by atoms with E-state index in [1.165, 1.54) is 7.11 Å². The van der Waals surface area contributed by atoms with Gasteiger partial charge in [0.2, 0.25) is 0 Å². The van der Waals surface area contributed by atoms with Crippen molar-refractivity contribution >= 4 is 23.3 Å². The number of carbonyl (C=O) groups is 2. The predicted molar refractivity (Wildman–Crippen MR) is 117 cm³/mol. The Kier molecular flexibility index (Phi) is 5.06. The molecule has 0 atom stereocenters. The lowest BCUT2D eigenvalue weighted by atomic mass is 9.99. The summed E-state index contributed by atoms with van der Waals surface area (Å²) in [4.78, 5) is 31.0. The van der Waals surface area contributed by atoms with Gasteiger partial charge in [-0.15, -0.1) is 5.10 Å². The van der Waals surface area contributed by atoms with Gasteiger partial charge in [0.15, 0.2) is 11.3 Å². The third kappa shape index (κ3) is 4.39. The van der Waals surface area contributed by atoms with E-state index in [-0.39, 0.29) is 17.6 Å². The molecule has 11 nitrogen and oxygen atoms in total. The topological polar surface area (TPSA) is 117 Å². The number of rotatable bonds is 6. The maximum absolute atomic E-state index is 12.2. The number of anilines is 1. The van der Waals surface area contributed by atoms with Gasteiger partial charge < -0.3 is 14.4 Å². The third-order valence-electron chi connectivity index (χ3n) is 5.70. The van der Waals surface area contributed by atoms with Crippen LogP contribution in [0.5, 0.6) is 0 Å². The van der Waals surface area contributed by atoms with Crippen LogP contribution in [0.3, 0.4) is 0 Å². The molecule has 0 radical (unpaired) electrons. The molecule has 3 aromatic heterocycles. The fourth-order valence-electron chi connectivity index (χ4n) is 3.87. The van der Waals surface area contributed by atoms with Crippen LogP contribution in [0, 0.1) is 5.92 Å². The summed E-state index contributed by atoms with van der Waals surface area (Å²) >= 11 is 0. The van der Waals surface area contributed by atoms with E-state index >= 15 is 0 Å². The highest BCUT2D eigenvalue weighted by molar-refractivity contribution is 5.87. The van der Waals surface area contributed by atoms with Crippen LogP contribution < -0.4 is 4.90 Å². The van der Waals surface area contributed by atoms with Crippen LogP contribution in [0.25, 0.3) is 5.65 Å². The van der Waals surface area contributed by atoms with E-state index in [0.717, 1.165) is 35.6 Å². The van der Waals surface area contributed by atoms with Crippen LogP contribution in [0.2, 0.25) is 0 Å². The maximum Gasteiger partial charge on any atom is 0.361 e. The van der Waals surface area contributed by atoms with Crippen molar-refractivity contribution < 1.29 is 19.1 Å². The summed E-state index contributed by atoms with van der Waals surface area (Å²) in [5, 5.41) is 12.7. The maximum atomic E-state index is 12.2. The van der Waals surface area contributed by atoms with Crippen molar-refractivity contribution in [3.05, 3.63) is 35.5 Å². The minimum atomic E-state index is -0.604. The van der Waals surface area contributed by atoms with Gasteiger partial charge in [0.25, 0.3) is 0 Å². The Hall–Kier alpha value is -3.50. The Morgan fingerprint density at radius 3 is 2.61 bits per heavy atom. The summed E-state index contributed by atoms with van der Waals surface area (Å²) in [6, 6.07) is 2.09. The molecule has 4 heterocycles. The lowest BCUT2D eigenvalue weighted by Gasteiger charge is -2.39. The van der Waals surface area contributed by atoms with Crippen molar-refractivity contribution in [3.8, 4) is 0 Å². The highest BCUT2D eigenvalue weighted by Crippen LogP contribution is 2.41. The van der Waals surface area contributed by atoms with Crippen molar-refractivity contribution in [2.45, 2.75) is 51.7 Å². The van der Waals surface area contributed by atoms with Gasteiger partial charge in [-0.2, -0.15) is 5.10 Å². The molecular formula is C22H27N7O4.